The first-order valence-corrected chi connectivity index (χ1v) is 5.92. The van der Waals surface area contributed by atoms with Crippen LogP contribution in [0.15, 0.2) is 42.5 Å². The van der Waals surface area contributed by atoms with Gasteiger partial charge in [-0.25, -0.2) is 4.39 Å². The minimum atomic E-state index is -0.172. The van der Waals surface area contributed by atoms with Crippen LogP contribution in [0.5, 0.6) is 0 Å². The zero-order valence-electron chi connectivity index (χ0n) is 9.08. The van der Waals surface area contributed by atoms with Gasteiger partial charge >= 0.3 is 0 Å². The van der Waals surface area contributed by atoms with Gasteiger partial charge in [-0.15, -0.1) is 0 Å². The molecule has 86 valence electrons. The Hall–Kier alpha value is -1.54. The summed E-state index contributed by atoms with van der Waals surface area (Å²) in [5.41, 5.74) is 2.77. The molecular weight excluding hydrogens is 237 g/mol. The second-order valence-corrected chi connectivity index (χ2v) is 4.60. The van der Waals surface area contributed by atoms with Gasteiger partial charge in [-0.1, -0.05) is 35.9 Å². The van der Waals surface area contributed by atoms with Crippen LogP contribution < -0.4 is 5.32 Å². The summed E-state index contributed by atoms with van der Waals surface area (Å²) >= 11 is 6.13. The van der Waals surface area contributed by atoms with Crippen LogP contribution in [0, 0.1) is 5.82 Å². The first-order valence-electron chi connectivity index (χ1n) is 5.54. The number of anilines is 1. The topological polar surface area (TPSA) is 12.0 Å². The molecule has 1 unspecified atom stereocenters. The molecule has 0 bridgehead atoms. The van der Waals surface area contributed by atoms with Gasteiger partial charge in [-0.2, -0.15) is 0 Å². The second kappa shape index (κ2) is 4.04. The average molecular weight is 248 g/mol. The zero-order chi connectivity index (χ0) is 11.8. The molecule has 1 heterocycles. The molecule has 17 heavy (non-hydrogen) atoms. The average Bonchev–Trinajstić information content (AvgIpc) is 2.75. The quantitative estimate of drug-likeness (QED) is 0.797. The highest BCUT2D eigenvalue weighted by atomic mass is 35.5. The second-order valence-electron chi connectivity index (χ2n) is 4.19. The molecule has 3 heteroatoms. The van der Waals surface area contributed by atoms with Crippen LogP contribution >= 0.6 is 11.6 Å². The smallest absolute Gasteiger partial charge is 0.128 e. The molecule has 1 N–H and O–H groups in total. The third-order valence-electron chi connectivity index (χ3n) is 3.14. The maximum absolute atomic E-state index is 13.7. The predicted molar refractivity (Wildman–Crippen MR) is 67.9 cm³/mol. The first-order chi connectivity index (χ1) is 8.25. The summed E-state index contributed by atoms with van der Waals surface area (Å²) in [7, 11) is 0. The van der Waals surface area contributed by atoms with Gasteiger partial charge in [0.2, 0.25) is 0 Å². The number of benzene rings is 2. The van der Waals surface area contributed by atoms with Crippen molar-refractivity contribution in [3.05, 3.63) is 64.4 Å². The van der Waals surface area contributed by atoms with Gasteiger partial charge in [-0.05, 0) is 23.8 Å². The Bertz CT molecular complexity index is 568. The molecule has 0 saturated heterocycles. The molecular formula is C14H11ClFN. The van der Waals surface area contributed by atoms with E-state index in [0.29, 0.717) is 5.56 Å². The van der Waals surface area contributed by atoms with Crippen molar-refractivity contribution in [3.63, 3.8) is 0 Å². The Balaban J connectivity index is 1.97. The van der Waals surface area contributed by atoms with Crippen LogP contribution in [0.1, 0.15) is 17.2 Å². The molecule has 0 radical (unpaired) electrons. The highest BCUT2D eigenvalue weighted by Crippen LogP contribution is 2.38. The SMILES string of the molecule is Fc1ccccc1C1Cc2c(Cl)cccc2N1. The molecule has 0 spiro atoms. The Morgan fingerprint density at radius 1 is 1.12 bits per heavy atom. The summed E-state index contributed by atoms with van der Waals surface area (Å²) < 4.78 is 13.7. The fourth-order valence-corrected chi connectivity index (χ4v) is 2.54. The fourth-order valence-electron chi connectivity index (χ4n) is 2.29. The summed E-state index contributed by atoms with van der Waals surface area (Å²) in [6.07, 6.45) is 0.732. The van der Waals surface area contributed by atoms with Crippen molar-refractivity contribution < 1.29 is 4.39 Å². The lowest BCUT2D eigenvalue weighted by atomic mass is 10.0. The van der Waals surface area contributed by atoms with E-state index in [1.54, 1.807) is 6.07 Å². The molecule has 0 aromatic heterocycles. The number of rotatable bonds is 1. The molecule has 0 saturated carbocycles. The van der Waals surface area contributed by atoms with E-state index < -0.39 is 0 Å². The van der Waals surface area contributed by atoms with Crippen LogP contribution in [-0.2, 0) is 6.42 Å². The minimum Gasteiger partial charge on any atom is -0.378 e. The van der Waals surface area contributed by atoms with Crippen LogP contribution in [-0.4, -0.2) is 0 Å². The fraction of sp³-hybridized carbons (Fsp3) is 0.143. The third-order valence-corrected chi connectivity index (χ3v) is 3.49. The lowest BCUT2D eigenvalue weighted by Crippen LogP contribution is -2.07. The lowest BCUT2D eigenvalue weighted by Gasteiger charge is -2.12. The molecule has 1 aliphatic heterocycles. The standard InChI is InChI=1S/C14H11ClFN/c15-11-5-3-7-13-10(11)8-14(17-13)9-4-1-2-6-12(9)16/h1-7,14,17H,8H2. The van der Waals surface area contributed by atoms with E-state index in [-0.39, 0.29) is 11.9 Å². The van der Waals surface area contributed by atoms with E-state index in [1.807, 2.05) is 30.3 Å². The molecule has 0 fully saturated rings. The number of hydrogen-bond donors (Lipinski definition) is 1. The van der Waals surface area contributed by atoms with Gasteiger partial charge in [0.25, 0.3) is 0 Å². The van der Waals surface area contributed by atoms with Crippen LogP contribution in [0.25, 0.3) is 0 Å². The van der Waals surface area contributed by atoms with E-state index in [1.165, 1.54) is 6.07 Å². The van der Waals surface area contributed by atoms with Crippen LogP contribution in [0.2, 0.25) is 5.02 Å². The summed E-state index contributed by atoms with van der Waals surface area (Å²) in [5, 5.41) is 4.05. The molecule has 3 rings (SSSR count). The summed E-state index contributed by atoms with van der Waals surface area (Å²) in [6, 6.07) is 12.6. The van der Waals surface area contributed by atoms with E-state index in [0.717, 1.165) is 22.7 Å². The van der Waals surface area contributed by atoms with E-state index in [9.17, 15) is 4.39 Å². The maximum atomic E-state index is 13.7. The van der Waals surface area contributed by atoms with Gasteiger partial charge in [-0.3, -0.25) is 0 Å². The monoisotopic (exact) mass is 247 g/mol. The summed E-state index contributed by atoms with van der Waals surface area (Å²) in [6.45, 7) is 0. The summed E-state index contributed by atoms with van der Waals surface area (Å²) in [5.74, 6) is -0.172. The molecule has 1 nitrogen and oxygen atoms in total. The van der Waals surface area contributed by atoms with Crippen molar-refractivity contribution in [3.8, 4) is 0 Å². The molecule has 0 amide bonds. The molecule has 1 atom stereocenters. The predicted octanol–water partition coefficient (Wildman–Crippen LogP) is 4.19. The van der Waals surface area contributed by atoms with Gasteiger partial charge < -0.3 is 5.32 Å². The first kappa shape index (κ1) is 10.6. The van der Waals surface area contributed by atoms with Crippen LogP contribution in [0.4, 0.5) is 10.1 Å². The number of halogens is 2. The third kappa shape index (κ3) is 1.79. The Kier molecular flexibility index (Phi) is 2.52. The largest absolute Gasteiger partial charge is 0.378 e. The molecule has 2 aromatic rings. The Morgan fingerprint density at radius 3 is 2.71 bits per heavy atom. The number of nitrogens with one attached hydrogen (secondary N) is 1. The van der Waals surface area contributed by atoms with Gasteiger partial charge in [0, 0.05) is 22.7 Å². The Morgan fingerprint density at radius 2 is 1.94 bits per heavy atom. The Labute approximate surface area is 104 Å². The van der Waals surface area contributed by atoms with Crippen LogP contribution in [0.3, 0.4) is 0 Å². The van der Waals surface area contributed by atoms with E-state index in [4.69, 9.17) is 11.6 Å². The van der Waals surface area contributed by atoms with Crippen molar-refractivity contribution in [2.75, 3.05) is 5.32 Å². The maximum Gasteiger partial charge on any atom is 0.128 e. The van der Waals surface area contributed by atoms with Gasteiger partial charge in [0.1, 0.15) is 5.82 Å². The van der Waals surface area contributed by atoms with Crippen molar-refractivity contribution in [2.24, 2.45) is 0 Å². The lowest BCUT2D eigenvalue weighted by molar-refractivity contribution is 0.595. The highest BCUT2D eigenvalue weighted by molar-refractivity contribution is 6.31. The molecule has 2 aromatic carbocycles. The van der Waals surface area contributed by atoms with E-state index in [2.05, 4.69) is 5.32 Å². The molecule has 0 aliphatic carbocycles. The van der Waals surface area contributed by atoms with Crippen molar-refractivity contribution >= 4 is 17.3 Å². The van der Waals surface area contributed by atoms with Crippen molar-refractivity contribution in [2.45, 2.75) is 12.5 Å². The van der Waals surface area contributed by atoms with Gasteiger partial charge in [0.05, 0.1) is 6.04 Å². The number of hydrogen-bond acceptors (Lipinski definition) is 1. The van der Waals surface area contributed by atoms with Crippen molar-refractivity contribution in [1.82, 2.24) is 0 Å². The van der Waals surface area contributed by atoms with Crippen molar-refractivity contribution in [1.29, 1.82) is 0 Å². The van der Waals surface area contributed by atoms with Gasteiger partial charge in [0.15, 0.2) is 0 Å². The molecule has 1 aliphatic rings. The highest BCUT2D eigenvalue weighted by Gasteiger charge is 2.25. The van der Waals surface area contributed by atoms with E-state index >= 15 is 0 Å². The number of fused-ring (bicyclic) bond motifs is 1. The normalized spacial score (nSPS) is 17.6. The minimum absolute atomic E-state index is 0.0221. The zero-order valence-corrected chi connectivity index (χ0v) is 9.84. The summed E-state index contributed by atoms with van der Waals surface area (Å²) in [4.78, 5) is 0.